The van der Waals surface area contributed by atoms with E-state index in [1.165, 1.54) is 12.8 Å². The van der Waals surface area contributed by atoms with Crippen molar-refractivity contribution in [2.24, 2.45) is 11.7 Å². The summed E-state index contributed by atoms with van der Waals surface area (Å²) >= 11 is 0. The molecule has 1 rings (SSSR count). The molecule has 0 aromatic heterocycles. The predicted octanol–water partition coefficient (Wildman–Crippen LogP) is 0.856. The van der Waals surface area contributed by atoms with Crippen LogP contribution in [0.25, 0.3) is 0 Å². The van der Waals surface area contributed by atoms with Gasteiger partial charge in [0.05, 0.1) is 6.54 Å². The molecule has 18 heavy (non-hydrogen) atoms. The molecule has 0 aliphatic heterocycles. The zero-order valence-corrected chi connectivity index (χ0v) is 11.3. The maximum Gasteiger partial charge on any atom is 0.237 e. The molecule has 2 N–H and O–H groups in total. The van der Waals surface area contributed by atoms with Gasteiger partial charge < -0.3 is 10.6 Å². The van der Waals surface area contributed by atoms with Gasteiger partial charge >= 0.3 is 0 Å². The third kappa shape index (κ3) is 4.27. The van der Waals surface area contributed by atoms with Gasteiger partial charge in [0.1, 0.15) is 0 Å². The monoisotopic (exact) mass is 251 g/mol. The van der Waals surface area contributed by atoms with Gasteiger partial charge in [0.15, 0.2) is 0 Å². The van der Waals surface area contributed by atoms with Crippen molar-refractivity contribution in [3.8, 4) is 0 Å². The third-order valence-electron chi connectivity index (χ3n) is 3.41. The number of nitrogens with zero attached hydrogens (tertiary/aromatic N) is 2. The molecule has 0 saturated heterocycles. The maximum absolute atomic E-state index is 12.1. The van der Waals surface area contributed by atoms with Crippen molar-refractivity contribution in [3.05, 3.63) is 25.3 Å². The van der Waals surface area contributed by atoms with E-state index in [1.54, 1.807) is 17.1 Å². The van der Waals surface area contributed by atoms with Gasteiger partial charge in [0.2, 0.25) is 5.91 Å². The van der Waals surface area contributed by atoms with E-state index in [0.29, 0.717) is 38.1 Å². The Morgan fingerprint density at radius 1 is 1.39 bits per heavy atom. The van der Waals surface area contributed by atoms with Gasteiger partial charge in [-0.15, -0.1) is 13.2 Å². The number of hydrogen-bond acceptors (Lipinski definition) is 3. The molecule has 1 fully saturated rings. The second-order valence-electron chi connectivity index (χ2n) is 4.93. The van der Waals surface area contributed by atoms with E-state index in [4.69, 9.17) is 5.73 Å². The van der Waals surface area contributed by atoms with Crippen LogP contribution in [0.3, 0.4) is 0 Å². The number of rotatable bonds is 9. The second kappa shape index (κ2) is 7.34. The van der Waals surface area contributed by atoms with E-state index in [9.17, 15) is 4.79 Å². The van der Waals surface area contributed by atoms with Gasteiger partial charge in [-0.05, 0) is 25.8 Å². The zero-order chi connectivity index (χ0) is 13.5. The minimum Gasteiger partial charge on any atom is -0.334 e. The predicted molar refractivity (Wildman–Crippen MR) is 75.2 cm³/mol. The van der Waals surface area contributed by atoms with E-state index in [1.807, 2.05) is 7.05 Å². The Bertz CT molecular complexity index is 289. The largest absolute Gasteiger partial charge is 0.334 e. The smallest absolute Gasteiger partial charge is 0.237 e. The average molecular weight is 251 g/mol. The van der Waals surface area contributed by atoms with E-state index in [-0.39, 0.29) is 5.91 Å². The maximum atomic E-state index is 12.1. The Morgan fingerprint density at radius 2 is 1.94 bits per heavy atom. The zero-order valence-electron chi connectivity index (χ0n) is 11.3. The summed E-state index contributed by atoms with van der Waals surface area (Å²) in [5, 5.41) is 0. The lowest BCUT2D eigenvalue weighted by molar-refractivity contribution is -0.131. The van der Waals surface area contributed by atoms with Crippen molar-refractivity contribution in [2.75, 3.05) is 33.2 Å². The number of hydrogen-bond donors (Lipinski definition) is 1. The van der Waals surface area contributed by atoms with Crippen molar-refractivity contribution >= 4 is 5.91 Å². The lowest BCUT2D eigenvalue weighted by Gasteiger charge is -2.29. The van der Waals surface area contributed by atoms with Crippen LogP contribution in [-0.2, 0) is 4.79 Å². The first-order valence-corrected chi connectivity index (χ1v) is 6.53. The van der Waals surface area contributed by atoms with E-state index >= 15 is 0 Å². The summed E-state index contributed by atoms with van der Waals surface area (Å²) in [6.45, 7) is 9.51. The first-order valence-electron chi connectivity index (χ1n) is 6.53. The van der Waals surface area contributed by atoms with Crippen molar-refractivity contribution in [1.82, 2.24) is 9.80 Å². The lowest BCUT2D eigenvalue weighted by atomic mass is 10.1. The second-order valence-corrected chi connectivity index (χ2v) is 4.93. The molecule has 0 heterocycles. The van der Waals surface area contributed by atoms with E-state index < -0.39 is 0 Å². The summed E-state index contributed by atoms with van der Waals surface area (Å²) < 4.78 is 0. The van der Waals surface area contributed by atoms with Gasteiger partial charge in [0.25, 0.3) is 0 Å². The van der Waals surface area contributed by atoms with Gasteiger partial charge in [0, 0.05) is 25.7 Å². The van der Waals surface area contributed by atoms with Crippen molar-refractivity contribution < 1.29 is 4.79 Å². The molecule has 4 nitrogen and oxygen atoms in total. The Hall–Kier alpha value is -1.13. The van der Waals surface area contributed by atoms with Crippen LogP contribution < -0.4 is 5.73 Å². The molecule has 1 unspecified atom stereocenters. The fourth-order valence-electron chi connectivity index (χ4n) is 2.23. The highest BCUT2D eigenvalue weighted by molar-refractivity contribution is 5.78. The Morgan fingerprint density at radius 3 is 2.33 bits per heavy atom. The van der Waals surface area contributed by atoms with Crippen molar-refractivity contribution in [2.45, 2.75) is 18.9 Å². The number of likely N-dealkylation sites (N-methyl/N-ethyl adjacent to an activating group) is 1. The molecule has 102 valence electrons. The molecule has 0 spiro atoms. The molecular weight excluding hydrogens is 226 g/mol. The van der Waals surface area contributed by atoms with Gasteiger partial charge in [-0.2, -0.15) is 0 Å². The molecule has 1 atom stereocenters. The molecule has 0 bridgehead atoms. The summed E-state index contributed by atoms with van der Waals surface area (Å²) in [4.78, 5) is 16.0. The van der Waals surface area contributed by atoms with Gasteiger partial charge in [-0.1, -0.05) is 12.2 Å². The molecule has 0 radical (unpaired) electrons. The Balaban J connectivity index is 2.49. The van der Waals surface area contributed by atoms with Crippen LogP contribution in [0.1, 0.15) is 12.8 Å². The summed E-state index contributed by atoms with van der Waals surface area (Å²) in [6.07, 6.45) is 5.96. The van der Waals surface area contributed by atoms with E-state index in [0.717, 1.165) is 0 Å². The molecule has 0 aromatic carbocycles. The minimum absolute atomic E-state index is 0.108. The SMILES string of the molecule is C=CCN(CC=C)C(=O)CN(C)C(CN)C1CC1. The summed E-state index contributed by atoms with van der Waals surface area (Å²) in [7, 11) is 1.98. The van der Waals surface area contributed by atoms with Crippen LogP contribution >= 0.6 is 0 Å². The molecule has 1 amide bonds. The van der Waals surface area contributed by atoms with Gasteiger partial charge in [-0.3, -0.25) is 9.69 Å². The van der Waals surface area contributed by atoms with Crippen LogP contribution in [0.2, 0.25) is 0 Å². The highest BCUT2D eigenvalue weighted by atomic mass is 16.2. The number of carbonyl (C=O) groups excluding carboxylic acids is 1. The molecule has 1 aliphatic rings. The Kier molecular flexibility index (Phi) is 6.09. The molecule has 0 aromatic rings. The highest BCUT2D eigenvalue weighted by Crippen LogP contribution is 2.34. The fraction of sp³-hybridized carbons (Fsp3) is 0.643. The van der Waals surface area contributed by atoms with Crippen LogP contribution in [0.15, 0.2) is 25.3 Å². The number of nitrogens with two attached hydrogens (primary N) is 1. The Labute approximate surface area is 110 Å². The normalized spacial score (nSPS) is 16.4. The van der Waals surface area contributed by atoms with Gasteiger partial charge in [-0.25, -0.2) is 0 Å². The average Bonchev–Trinajstić information content (AvgIpc) is 3.14. The van der Waals surface area contributed by atoms with E-state index in [2.05, 4.69) is 18.1 Å². The topological polar surface area (TPSA) is 49.6 Å². The van der Waals surface area contributed by atoms with Crippen molar-refractivity contribution in [3.63, 3.8) is 0 Å². The molecule has 1 saturated carbocycles. The van der Waals surface area contributed by atoms with Crippen LogP contribution in [0, 0.1) is 5.92 Å². The number of carbonyl (C=O) groups is 1. The lowest BCUT2D eigenvalue weighted by Crippen LogP contribution is -2.46. The highest BCUT2D eigenvalue weighted by Gasteiger charge is 2.33. The minimum atomic E-state index is 0.108. The fourth-order valence-corrected chi connectivity index (χ4v) is 2.23. The summed E-state index contributed by atoms with van der Waals surface area (Å²) in [5.41, 5.74) is 5.78. The van der Waals surface area contributed by atoms with Crippen LogP contribution in [0.4, 0.5) is 0 Å². The third-order valence-corrected chi connectivity index (χ3v) is 3.41. The molecule has 1 aliphatic carbocycles. The van der Waals surface area contributed by atoms with Crippen LogP contribution in [-0.4, -0.2) is 55.0 Å². The summed E-state index contributed by atoms with van der Waals surface area (Å²) in [6, 6.07) is 0.336. The first kappa shape index (κ1) is 14.9. The quantitative estimate of drug-likeness (QED) is 0.618. The first-order chi connectivity index (χ1) is 8.63. The van der Waals surface area contributed by atoms with Crippen LogP contribution in [0.5, 0.6) is 0 Å². The van der Waals surface area contributed by atoms with Crippen molar-refractivity contribution in [1.29, 1.82) is 0 Å². The molecular formula is C14H25N3O. The molecule has 4 heteroatoms. The number of amides is 1. The standard InChI is InChI=1S/C14H25N3O/c1-4-8-17(9-5-2)14(18)11-16(3)13(10-15)12-6-7-12/h4-5,12-13H,1-2,6-11,15H2,3H3. The summed E-state index contributed by atoms with van der Waals surface area (Å²) in [5.74, 6) is 0.788.